The van der Waals surface area contributed by atoms with E-state index >= 15 is 0 Å². The summed E-state index contributed by atoms with van der Waals surface area (Å²) in [7, 11) is 0. The van der Waals surface area contributed by atoms with Crippen molar-refractivity contribution in [3.63, 3.8) is 0 Å². The second-order valence-electron chi connectivity index (χ2n) is 1.38. The molecular weight excluding hydrogens is 100 g/mol. The van der Waals surface area contributed by atoms with Gasteiger partial charge in [-0.15, -0.1) is 0 Å². The topological polar surface area (TPSA) is 47.6 Å². The molecule has 0 N–H and O–H groups in total. The van der Waals surface area contributed by atoms with E-state index in [2.05, 4.69) is 0 Å². The van der Waals surface area contributed by atoms with E-state index in [9.17, 15) is 0 Å². The lowest BCUT2D eigenvalue weighted by molar-refractivity contribution is 0.853. The molecular formula is C6H7N2. The van der Waals surface area contributed by atoms with Crippen molar-refractivity contribution in [3.8, 4) is 12.1 Å². The van der Waals surface area contributed by atoms with Crippen molar-refractivity contribution < 1.29 is 0 Å². The van der Waals surface area contributed by atoms with Crippen LogP contribution in [0.5, 0.6) is 0 Å². The summed E-state index contributed by atoms with van der Waals surface area (Å²) >= 11 is 0. The van der Waals surface area contributed by atoms with Crippen LogP contribution in [0.3, 0.4) is 0 Å². The average Bonchev–Trinajstić information content (AvgIpc) is 1.81. The Hall–Kier alpha value is -1.02. The van der Waals surface area contributed by atoms with E-state index < -0.39 is 0 Å². The highest BCUT2D eigenvalue weighted by atomic mass is 14.2. The number of nitrogens with zero attached hydrogens (tertiary/aromatic N) is 2. The van der Waals surface area contributed by atoms with Crippen molar-refractivity contribution in [2.75, 3.05) is 0 Å². The Labute approximate surface area is 49.3 Å². The first-order chi connectivity index (χ1) is 3.91. The summed E-state index contributed by atoms with van der Waals surface area (Å²) in [5, 5.41) is 16.0. The van der Waals surface area contributed by atoms with Crippen molar-refractivity contribution >= 4 is 0 Å². The molecule has 0 aromatic rings. The van der Waals surface area contributed by atoms with Crippen molar-refractivity contribution in [1.82, 2.24) is 0 Å². The van der Waals surface area contributed by atoms with Gasteiger partial charge in [0.25, 0.3) is 0 Å². The maximum atomic E-state index is 8.02. The summed E-state index contributed by atoms with van der Waals surface area (Å²) < 4.78 is 0. The summed E-state index contributed by atoms with van der Waals surface area (Å²) in [6.07, 6.45) is 3.61. The van der Waals surface area contributed by atoms with E-state index in [1.54, 1.807) is 0 Å². The molecule has 0 aliphatic rings. The molecule has 0 aliphatic carbocycles. The molecule has 0 saturated carbocycles. The van der Waals surface area contributed by atoms with Crippen LogP contribution in [0.2, 0.25) is 0 Å². The predicted molar refractivity (Wildman–Crippen MR) is 29.4 cm³/mol. The van der Waals surface area contributed by atoms with Crippen LogP contribution in [0.15, 0.2) is 0 Å². The van der Waals surface area contributed by atoms with Gasteiger partial charge in [0, 0.05) is 6.42 Å². The SMILES string of the molecule is N#C[CH]CCCC#N. The van der Waals surface area contributed by atoms with E-state index in [1.165, 1.54) is 6.42 Å². The number of nitriles is 2. The van der Waals surface area contributed by atoms with Crippen LogP contribution in [0.1, 0.15) is 19.3 Å². The first kappa shape index (κ1) is 6.98. The number of hydrogen-bond acceptors (Lipinski definition) is 2. The smallest absolute Gasteiger partial charge is 0.0669 e. The number of hydrogen-bond donors (Lipinski definition) is 0. The Morgan fingerprint density at radius 3 is 2.62 bits per heavy atom. The van der Waals surface area contributed by atoms with Crippen molar-refractivity contribution in [2.24, 2.45) is 0 Å². The summed E-state index contributed by atoms with van der Waals surface area (Å²) in [4.78, 5) is 0. The van der Waals surface area contributed by atoms with E-state index in [-0.39, 0.29) is 0 Å². The van der Waals surface area contributed by atoms with Crippen LogP contribution in [-0.2, 0) is 0 Å². The minimum Gasteiger partial charge on any atom is -0.198 e. The molecule has 1 radical (unpaired) electrons. The molecule has 0 unspecified atom stereocenters. The lowest BCUT2D eigenvalue weighted by Gasteiger charge is -1.82. The molecule has 41 valence electrons. The molecule has 0 heterocycles. The molecule has 0 spiro atoms. The zero-order valence-corrected chi connectivity index (χ0v) is 4.59. The zero-order chi connectivity index (χ0) is 6.24. The zero-order valence-electron chi connectivity index (χ0n) is 4.59. The molecule has 0 atom stereocenters. The number of rotatable bonds is 3. The first-order valence-electron chi connectivity index (χ1n) is 2.50. The van der Waals surface area contributed by atoms with E-state index in [0.717, 1.165) is 12.8 Å². The maximum Gasteiger partial charge on any atom is 0.0669 e. The van der Waals surface area contributed by atoms with Gasteiger partial charge in [-0.3, -0.25) is 0 Å². The molecule has 0 aromatic carbocycles. The summed E-state index contributed by atoms with van der Waals surface area (Å²) in [5.41, 5.74) is 0. The molecule has 8 heavy (non-hydrogen) atoms. The minimum absolute atomic E-state index is 0.554. The van der Waals surface area contributed by atoms with Gasteiger partial charge < -0.3 is 0 Å². The Morgan fingerprint density at radius 2 is 2.12 bits per heavy atom. The molecule has 0 rings (SSSR count). The molecule has 0 saturated heterocycles. The molecule has 2 heteroatoms. The second kappa shape index (κ2) is 5.98. The van der Waals surface area contributed by atoms with Gasteiger partial charge in [0.2, 0.25) is 0 Å². The Morgan fingerprint density at radius 1 is 1.38 bits per heavy atom. The van der Waals surface area contributed by atoms with Crippen molar-refractivity contribution in [3.05, 3.63) is 6.42 Å². The molecule has 0 fully saturated rings. The van der Waals surface area contributed by atoms with Gasteiger partial charge in [-0.25, -0.2) is 0 Å². The van der Waals surface area contributed by atoms with E-state index in [0.29, 0.717) is 6.42 Å². The van der Waals surface area contributed by atoms with E-state index in [4.69, 9.17) is 10.5 Å². The summed E-state index contributed by atoms with van der Waals surface area (Å²) in [5.74, 6) is 0. The fourth-order valence-electron chi connectivity index (χ4n) is 0.348. The third-order valence-corrected chi connectivity index (χ3v) is 0.728. The average molecular weight is 107 g/mol. The fourth-order valence-corrected chi connectivity index (χ4v) is 0.348. The highest BCUT2D eigenvalue weighted by Crippen LogP contribution is 1.94. The minimum atomic E-state index is 0.554. The van der Waals surface area contributed by atoms with Crippen LogP contribution < -0.4 is 0 Å². The number of unbranched alkanes of at least 4 members (excludes halogenated alkanes) is 3. The lowest BCUT2D eigenvalue weighted by atomic mass is 10.2. The highest BCUT2D eigenvalue weighted by Gasteiger charge is 1.83. The normalized spacial score (nSPS) is 7.25. The van der Waals surface area contributed by atoms with Gasteiger partial charge in [-0.1, -0.05) is 0 Å². The van der Waals surface area contributed by atoms with Crippen LogP contribution in [0.25, 0.3) is 0 Å². The third-order valence-electron chi connectivity index (χ3n) is 0.728. The maximum absolute atomic E-state index is 8.02. The highest BCUT2D eigenvalue weighted by molar-refractivity contribution is 4.90. The molecule has 0 amide bonds. The van der Waals surface area contributed by atoms with Gasteiger partial charge in [-0.2, -0.15) is 10.5 Å². The fraction of sp³-hybridized carbons (Fsp3) is 0.500. The van der Waals surface area contributed by atoms with Gasteiger partial charge in [0.15, 0.2) is 0 Å². The van der Waals surface area contributed by atoms with Crippen LogP contribution >= 0.6 is 0 Å². The lowest BCUT2D eigenvalue weighted by Crippen LogP contribution is -1.71. The Bertz CT molecular complexity index is 99.5. The Kier molecular flexibility index (Phi) is 5.22. The van der Waals surface area contributed by atoms with Gasteiger partial charge in [0.1, 0.15) is 0 Å². The summed E-state index contributed by atoms with van der Waals surface area (Å²) in [6.45, 7) is 0. The molecule has 0 bridgehead atoms. The predicted octanol–water partition coefficient (Wildman–Crippen LogP) is 1.41. The quantitative estimate of drug-likeness (QED) is 0.512. The Balaban J connectivity index is 2.77. The largest absolute Gasteiger partial charge is 0.198 e. The molecule has 0 aromatic heterocycles. The molecule has 2 nitrogen and oxygen atoms in total. The monoisotopic (exact) mass is 107 g/mol. The van der Waals surface area contributed by atoms with Crippen LogP contribution in [0, 0.1) is 29.1 Å². The third kappa shape index (κ3) is 4.98. The van der Waals surface area contributed by atoms with Crippen LogP contribution in [0.4, 0.5) is 0 Å². The standard InChI is InChI=1S/C6H7N2/c7-5-3-1-2-4-6-8/h3H,1-2,4H2. The van der Waals surface area contributed by atoms with Gasteiger partial charge >= 0.3 is 0 Å². The second-order valence-corrected chi connectivity index (χ2v) is 1.38. The van der Waals surface area contributed by atoms with E-state index in [1.807, 2.05) is 12.1 Å². The van der Waals surface area contributed by atoms with Gasteiger partial charge in [0.05, 0.1) is 18.6 Å². The van der Waals surface area contributed by atoms with Crippen molar-refractivity contribution in [1.29, 1.82) is 10.5 Å². The van der Waals surface area contributed by atoms with Crippen molar-refractivity contribution in [2.45, 2.75) is 19.3 Å². The van der Waals surface area contributed by atoms with Gasteiger partial charge in [-0.05, 0) is 12.8 Å². The molecule has 0 aliphatic heterocycles. The van der Waals surface area contributed by atoms with Crippen LogP contribution in [-0.4, -0.2) is 0 Å². The first-order valence-corrected chi connectivity index (χ1v) is 2.50. The summed E-state index contributed by atoms with van der Waals surface area (Å²) in [6, 6.07) is 3.89.